The number of hydrogen-bond acceptors (Lipinski definition) is 6. The SMILES string of the molecule is [B]c1cc(OCC(=O)OC(C)(C)C)c2c(c1)C(=O)N(C1CCC(=O)NC1=O)C2. The summed E-state index contributed by atoms with van der Waals surface area (Å²) in [7, 11) is 5.88. The topological polar surface area (TPSA) is 102 Å². The molecule has 1 fully saturated rings. The highest BCUT2D eigenvalue weighted by Crippen LogP contribution is 2.33. The number of amides is 3. The molecule has 2 aliphatic heterocycles. The van der Waals surface area contributed by atoms with Crippen LogP contribution in [-0.2, 0) is 25.7 Å². The number of piperidine rings is 1. The maximum Gasteiger partial charge on any atom is 0.344 e. The molecule has 146 valence electrons. The number of nitrogens with zero attached hydrogens (tertiary/aromatic N) is 1. The van der Waals surface area contributed by atoms with Gasteiger partial charge in [0.2, 0.25) is 11.8 Å². The van der Waals surface area contributed by atoms with Gasteiger partial charge in [-0.1, -0.05) is 11.5 Å². The van der Waals surface area contributed by atoms with Gasteiger partial charge in [0.1, 0.15) is 25.2 Å². The molecule has 3 amide bonds. The normalized spacial score (nSPS) is 19.3. The Hall–Kier alpha value is -2.84. The van der Waals surface area contributed by atoms with Gasteiger partial charge >= 0.3 is 5.97 Å². The largest absolute Gasteiger partial charge is 0.482 e. The quantitative estimate of drug-likeness (QED) is 0.444. The van der Waals surface area contributed by atoms with E-state index in [2.05, 4.69) is 5.32 Å². The van der Waals surface area contributed by atoms with Crippen LogP contribution in [0.15, 0.2) is 12.1 Å². The van der Waals surface area contributed by atoms with Crippen molar-refractivity contribution in [1.82, 2.24) is 10.2 Å². The Labute approximate surface area is 163 Å². The first-order valence-corrected chi connectivity index (χ1v) is 8.97. The fourth-order valence-corrected chi connectivity index (χ4v) is 3.29. The molecule has 3 rings (SSSR count). The molecule has 1 saturated heterocycles. The van der Waals surface area contributed by atoms with Crippen LogP contribution in [0.25, 0.3) is 0 Å². The Morgan fingerprint density at radius 3 is 2.64 bits per heavy atom. The molecule has 0 aliphatic carbocycles. The smallest absolute Gasteiger partial charge is 0.344 e. The van der Waals surface area contributed by atoms with E-state index in [9.17, 15) is 19.2 Å². The minimum Gasteiger partial charge on any atom is -0.482 e. The van der Waals surface area contributed by atoms with Gasteiger partial charge in [-0.2, -0.15) is 0 Å². The first-order valence-electron chi connectivity index (χ1n) is 8.97. The van der Waals surface area contributed by atoms with Gasteiger partial charge < -0.3 is 14.4 Å². The minimum atomic E-state index is -0.738. The highest BCUT2D eigenvalue weighted by molar-refractivity contribution is 6.33. The third-order valence-corrected chi connectivity index (χ3v) is 4.40. The molecule has 1 aromatic rings. The first-order chi connectivity index (χ1) is 13.0. The lowest BCUT2D eigenvalue weighted by Gasteiger charge is -2.29. The van der Waals surface area contributed by atoms with Gasteiger partial charge in [0.05, 0.1) is 6.54 Å². The van der Waals surface area contributed by atoms with E-state index in [1.807, 2.05) is 0 Å². The van der Waals surface area contributed by atoms with Gasteiger partial charge in [0.25, 0.3) is 5.91 Å². The van der Waals surface area contributed by atoms with Gasteiger partial charge in [0, 0.05) is 17.5 Å². The van der Waals surface area contributed by atoms with Crippen molar-refractivity contribution in [3.63, 3.8) is 0 Å². The number of fused-ring (bicyclic) bond motifs is 1. The van der Waals surface area contributed by atoms with E-state index in [0.717, 1.165) is 0 Å². The number of carbonyl (C=O) groups excluding carboxylic acids is 4. The second-order valence-electron chi connectivity index (χ2n) is 7.82. The predicted molar refractivity (Wildman–Crippen MR) is 99.2 cm³/mol. The van der Waals surface area contributed by atoms with Crippen LogP contribution in [0, 0.1) is 0 Å². The summed E-state index contributed by atoms with van der Waals surface area (Å²) in [6.45, 7) is 5.04. The van der Waals surface area contributed by atoms with Crippen molar-refractivity contribution >= 4 is 37.0 Å². The van der Waals surface area contributed by atoms with E-state index in [1.54, 1.807) is 20.8 Å². The number of imide groups is 1. The van der Waals surface area contributed by atoms with E-state index in [-0.39, 0.29) is 37.8 Å². The highest BCUT2D eigenvalue weighted by atomic mass is 16.6. The molecule has 0 aromatic heterocycles. The van der Waals surface area contributed by atoms with Crippen LogP contribution >= 0.6 is 0 Å². The summed E-state index contributed by atoms with van der Waals surface area (Å²) in [4.78, 5) is 49.6. The maximum atomic E-state index is 12.8. The molecule has 2 heterocycles. The maximum absolute atomic E-state index is 12.8. The van der Waals surface area contributed by atoms with Gasteiger partial charge in [-0.15, -0.1) is 0 Å². The molecular weight excluding hydrogens is 363 g/mol. The van der Waals surface area contributed by atoms with Crippen LogP contribution in [0.5, 0.6) is 5.75 Å². The summed E-state index contributed by atoms with van der Waals surface area (Å²) in [6, 6.07) is 2.31. The molecule has 1 unspecified atom stereocenters. The summed E-state index contributed by atoms with van der Waals surface area (Å²) in [5.41, 5.74) is 0.532. The Bertz CT molecular complexity index is 861. The molecule has 28 heavy (non-hydrogen) atoms. The van der Waals surface area contributed by atoms with Gasteiger partial charge in [-0.25, -0.2) is 4.79 Å². The van der Waals surface area contributed by atoms with Crippen molar-refractivity contribution in [2.24, 2.45) is 0 Å². The van der Waals surface area contributed by atoms with E-state index >= 15 is 0 Å². The average Bonchev–Trinajstić information content (AvgIpc) is 2.88. The zero-order valence-corrected chi connectivity index (χ0v) is 16.0. The van der Waals surface area contributed by atoms with Crippen LogP contribution in [-0.4, -0.2) is 54.7 Å². The monoisotopic (exact) mass is 384 g/mol. The zero-order chi connectivity index (χ0) is 20.6. The molecule has 1 N–H and O–H groups in total. The standard InChI is InChI=1S/C19H21BN2O6/c1-19(2,3)28-16(24)9-27-14-7-10(20)6-11-12(14)8-22(18(11)26)13-4-5-15(23)21-17(13)25/h6-7,13H,4-5,8-9H2,1-3H3,(H,21,23,25). The number of nitrogens with one attached hydrogen (secondary N) is 1. The molecule has 0 saturated carbocycles. The lowest BCUT2D eigenvalue weighted by Crippen LogP contribution is -2.52. The van der Waals surface area contributed by atoms with Crippen molar-refractivity contribution in [3.05, 3.63) is 23.3 Å². The van der Waals surface area contributed by atoms with Gasteiger partial charge in [-0.3, -0.25) is 19.7 Å². The van der Waals surface area contributed by atoms with Gasteiger partial charge in [-0.05, 0) is 33.3 Å². The molecule has 0 bridgehead atoms. The third kappa shape index (κ3) is 4.18. The fraction of sp³-hybridized carbons (Fsp3) is 0.474. The van der Waals surface area contributed by atoms with Crippen molar-refractivity contribution < 1.29 is 28.7 Å². The van der Waals surface area contributed by atoms with Crippen LogP contribution in [0.1, 0.15) is 49.5 Å². The summed E-state index contributed by atoms with van der Waals surface area (Å²) in [5, 5.41) is 2.25. The Morgan fingerprint density at radius 2 is 2.00 bits per heavy atom. The fourth-order valence-electron chi connectivity index (χ4n) is 3.29. The van der Waals surface area contributed by atoms with Crippen molar-refractivity contribution in [1.29, 1.82) is 0 Å². The third-order valence-electron chi connectivity index (χ3n) is 4.40. The Balaban J connectivity index is 1.79. The Kier molecular flexibility index (Phi) is 5.19. The summed E-state index contributed by atoms with van der Waals surface area (Å²) in [6.07, 6.45) is 0.425. The predicted octanol–water partition coefficient (Wildman–Crippen LogP) is -0.0381. The second-order valence-corrected chi connectivity index (χ2v) is 7.82. The van der Waals surface area contributed by atoms with Crippen LogP contribution in [0.4, 0.5) is 0 Å². The molecule has 9 heteroatoms. The molecular formula is C19H21BN2O6. The van der Waals surface area contributed by atoms with E-state index in [4.69, 9.17) is 17.3 Å². The summed E-state index contributed by atoms with van der Waals surface area (Å²) >= 11 is 0. The lowest BCUT2D eigenvalue weighted by atomic mass is 9.92. The molecule has 2 radical (unpaired) electrons. The number of hydrogen-bond donors (Lipinski definition) is 1. The molecule has 1 atom stereocenters. The lowest BCUT2D eigenvalue weighted by molar-refractivity contribution is -0.157. The minimum absolute atomic E-state index is 0.129. The first kappa shape index (κ1) is 19.9. The second kappa shape index (κ2) is 7.29. The number of carbonyl (C=O) groups is 4. The summed E-state index contributed by atoms with van der Waals surface area (Å²) in [5.74, 6) is -1.46. The number of benzene rings is 1. The molecule has 2 aliphatic rings. The van der Waals surface area contributed by atoms with Gasteiger partial charge in [0.15, 0.2) is 6.61 Å². The molecule has 0 spiro atoms. The van der Waals surface area contributed by atoms with Crippen molar-refractivity contribution in [2.45, 2.75) is 51.8 Å². The van der Waals surface area contributed by atoms with E-state index in [1.165, 1.54) is 17.0 Å². The van der Waals surface area contributed by atoms with Crippen molar-refractivity contribution in [3.8, 4) is 5.75 Å². The zero-order valence-electron chi connectivity index (χ0n) is 16.0. The highest BCUT2D eigenvalue weighted by Gasteiger charge is 2.40. The van der Waals surface area contributed by atoms with Crippen LogP contribution < -0.4 is 15.5 Å². The number of esters is 1. The van der Waals surface area contributed by atoms with Crippen LogP contribution in [0.3, 0.4) is 0 Å². The van der Waals surface area contributed by atoms with Crippen molar-refractivity contribution in [2.75, 3.05) is 6.61 Å². The number of ether oxygens (including phenoxy) is 2. The Morgan fingerprint density at radius 1 is 1.29 bits per heavy atom. The molecule has 8 nitrogen and oxygen atoms in total. The van der Waals surface area contributed by atoms with E-state index < -0.39 is 23.5 Å². The van der Waals surface area contributed by atoms with Crippen LogP contribution in [0.2, 0.25) is 0 Å². The number of rotatable bonds is 4. The molecule has 1 aromatic carbocycles. The van der Waals surface area contributed by atoms with E-state index in [0.29, 0.717) is 22.3 Å². The average molecular weight is 384 g/mol. The summed E-state index contributed by atoms with van der Waals surface area (Å²) < 4.78 is 10.8.